The van der Waals surface area contributed by atoms with E-state index in [4.69, 9.17) is 0 Å². The number of piperazine rings is 1. The minimum Gasteiger partial charge on any atom is -0.348 e. The van der Waals surface area contributed by atoms with Crippen molar-refractivity contribution in [3.05, 3.63) is 57.1 Å². The fraction of sp³-hybridized carbons (Fsp3) is 0.389. The second-order valence-corrected chi connectivity index (χ2v) is 8.32. The van der Waals surface area contributed by atoms with E-state index in [-0.39, 0.29) is 18.8 Å². The summed E-state index contributed by atoms with van der Waals surface area (Å²) >= 11 is 0. The second-order valence-electron chi connectivity index (χ2n) is 6.50. The van der Waals surface area contributed by atoms with Crippen LogP contribution >= 0.6 is 0 Å². The predicted molar refractivity (Wildman–Crippen MR) is 107 cm³/mol. The molecule has 1 aliphatic heterocycles. The number of hydrogen-bond acceptors (Lipinski definition) is 6. The summed E-state index contributed by atoms with van der Waals surface area (Å²) in [7, 11) is -1.88. The lowest BCUT2D eigenvalue weighted by Gasteiger charge is -2.33. The van der Waals surface area contributed by atoms with Crippen molar-refractivity contribution in [1.82, 2.24) is 14.1 Å². The molecule has 28 heavy (non-hydrogen) atoms. The fourth-order valence-electron chi connectivity index (χ4n) is 3.31. The van der Waals surface area contributed by atoms with Crippen molar-refractivity contribution < 1.29 is 13.3 Å². The van der Waals surface area contributed by atoms with Crippen LogP contribution in [0.15, 0.2) is 35.7 Å². The molecule has 0 spiro atoms. The van der Waals surface area contributed by atoms with Crippen LogP contribution in [0.4, 0.5) is 11.5 Å². The summed E-state index contributed by atoms with van der Waals surface area (Å²) in [5, 5.41) is 17.0. The van der Waals surface area contributed by atoms with E-state index in [0.717, 1.165) is 5.56 Å². The lowest BCUT2D eigenvalue weighted by Crippen LogP contribution is -2.48. The van der Waals surface area contributed by atoms with Gasteiger partial charge in [0.2, 0.25) is 15.8 Å². The molecule has 2 aromatic rings. The zero-order valence-corrected chi connectivity index (χ0v) is 16.7. The molecular weight excluding hydrogens is 382 g/mol. The highest BCUT2D eigenvalue weighted by Gasteiger charge is 2.33. The van der Waals surface area contributed by atoms with Gasteiger partial charge in [-0.2, -0.15) is 9.40 Å². The number of aryl methyl sites for hydroxylation is 2. The Hall–Kier alpha value is -2.72. The molecule has 1 aromatic heterocycles. The van der Waals surface area contributed by atoms with E-state index in [9.17, 15) is 18.5 Å². The Labute approximate surface area is 164 Å². The Morgan fingerprint density at radius 1 is 1.18 bits per heavy atom. The molecular formula is C18H23N5O4S. The van der Waals surface area contributed by atoms with Crippen molar-refractivity contribution in [3.8, 4) is 0 Å². The molecule has 1 aliphatic rings. The van der Waals surface area contributed by atoms with Crippen molar-refractivity contribution in [1.29, 1.82) is 0 Å². The molecule has 1 aromatic carbocycles. The fourth-order valence-corrected chi connectivity index (χ4v) is 4.48. The van der Waals surface area contributed by atoms with Crippen molar-refractivity contribution in [3.63, 3.8) is 0 Å². The molecule has 150 valence electrons. The van der Waals surface area contributed by atoms with Gasteiger partial charge in [-0.3, -0.25) is 10.1 Å². The highest BCUT2D eigenvalue weighted by molar-refractivity contribution is 7.92. The highest BCUT2D eigenvalue weighted by atomic mass is 32.2. The van der Waals surface area contributed by atoms with Gasteiger partial charge in [-0.1, -0.05) is 37.3 Å². The van der Waals surface area contributed by atoms with Gasteiger partial charge in [-0.15, -0.1) is 0 Å². The summed E-state index contributed by atoms with van der Waals surface area (Å²) in [5.41, 5.74) is 1.25. The maximum atomic E-state index is 12.6. The third-order valence-corrected chi connectivity index (χ3v) is 6.27. The van der Waals surface area contributed by atoms with Gasteiger partial charge in [0.15, 0.2) is 0 Å². The molecule has 0 aliphatic carbocycles. The van der Waals surface area contributed by atoms with Crippen molar-refractivity contribution in [2.45, 2.75) is 13.3 Å². The van der Waals surface area contributed by atoms with E-state index < -0.39 is 14.9 Å². The van der Waals surface area contributed by atoms with Gasteiger partial charge in [0.05, 0.1) is 4.92 Å². The van der Waals surface area contributed by atoms with Gasteiger partial charge >= 0.3 is 5.69 Å². The van der Waals surface area contributed by atoms with Crippen LogP contribution < -0.4 is 4.90 Å². The number of aromatic nitrogens is 2. The van der Waals surface area contributed by atoms with E-state index >= 15 is 0 Å². The van der Waals surface area contributed by atoms with Crippen LogP contribution in [0, 0.1) is 10.1 Å². The summed E-state index contributed by atoms with van der Waals surface area (Å²) in [4.78, 5) is 12.9. The van der Waals surface area contributed by atoms with Crippen molar-refractivity contribution in [2.75, 3.05) is 31.1 Å². The van der Waals surface area contributed by atoms with Crippen LogP contribution in [0.25, 0.3) is 6.08 Å². The Bertz CT molecular complexity index is 977. The Morgan fingerprint density at radius 3 is 2.39 bits per heavy atom. The smallest absolute Gasteiger partial charge is 0.334 e. The van der Waals surface area contributed by atoms with Gasteiger partial charge in [-0.05, 0) is 18.1 Å². The SMILES string of the molecule is CCc1nn(C)c(N2CCN(S(=O)(=O)/C=C/c3ccccc3)CC2)c1[N+](=O)[O-]. The van der Waals surface area contributed by atoms with E-state index in [1.165, 1.54) is 14.4 Å². The Balaban J connectivity index is 1.74. The van der Waals surface area contributed by atoms with Gasteiger partial charge in [0, 0.05) is 38.6 Å². The number of nitro groups is 1. The van der Waals surface area contributed by atoms with Gasteiger partial charge in [-0.25, -0.2) is 13.1 Å². The summed E-state index contributed by atoms with van der Waals surface area (Å²) in [5.74, 6) is 0.429. The number of nitrogens with zero attached hydrogens (tertiary/aromatic N) is 5. The molecule has 10 heteroatoms. The molecule has 3 rings (SSSR count). The van der Waals surface area contributed by atoms with Gasteiger partial charge in [0.25, 0.3) is 0 Å². The molecule has 1 fully saturated rings. The van der Waals surface area contributed by atoms with Crippen LogP contribution in [0.2, 0.25) is 0 Å². The molecule has 9 nitrogen and oxygen atoms in total. The number of benzene rings is 1. The van der Waals surface area contributed by atoms with Gasteiger partial charge < -0.3 is 4.90 Å². The van der Waals surface area contributed by atoms with E-state index in [0.29, 0.717) is 31.0 Å². The zero-order chi connectivity index (χ0) is 20.3. The monoisotopic (exact) mass is 405 g/mol. The van der Waals surface area contributed by atoms with Crippen LogP contribution in [0.5, 0.6) is 0 Å². The van der Waals surface area contributed by atoms with Crippen molar-refractivity contribution >= 4 is 27.6 Å². The maximum Gasteiger partial charge on any atom is 0.334 e. The first-order valence-corrected chi connectivity index (χ1v) is 10.5. The summed E-state index contributed by atoms with van der Waals surface area (Å²) in [6.07, 6.45) is 2.03. The number of hydrogen-bond donors (Lipinski definition) is 0. The van der Waals surface area contributed by atoms with Crippen molar-refractivity contribution in [2.24, 2.45) is 7.05 Å². The highest BCUT2D eigenvalue weighted by Crippen LogP contribution is 2.32. The molecule has 1 saturated heterocycles. The minimum atomic E-state index is -3.55. The topological polar surface area (TPSA) is 102 Å². The predicted octanol–water partition coefficient (Wildman–Crippen LogP) is 2.01. The lowest BCUT2D eigenvalue weighted by molar-refractivity contribution is -0.384. The molecule has 0 N–H and O–H groups in total. The molecule has 0 bridgehead atoms. The first-order valence-electron chi connectivity index (χ1n) is 9.02. The second kappa shape index (κ2) is 8.11. The summed E-state index contributed by atoms with van der Waals surface area (Å²) in [6, 6.07) is 9.22. The Kier molecular flexibility index (Phi) is 5.80. The average Bonchev–Trinajstić information content (AvgIpc) is 3.04. The standard InChI is InChI=1S/C18H23N5O4S/c1-3-16-17(23(24)25)18(20(2)19-16)21-10-12-22(13-11-21)28(26,27)14-9-15-7-5-4-6-8-15/h4-9,14H,3,10-13H2,1-2H3/b14-9+. The quantitative estimate of drug-likeness (QED) is 0.538. The third kappa shape index (κ3) is 4.07. The summed E-state index contributed by atoms with van der Waals surface area (Å²) in [6.45, 7) is 3.06. The van der Waals surface area contributed by atoms with Gasteiger partial charge in [0.1, 0.15) is 5.69 Å². The lowest BCUT2D eigenvalue weighted by atomic mass is 10.2. The zero-order valence-electron chi connectivity index (χ0n) is 15.9. The third-order valence-electron chi connectivity index (χ3n) is 4.71. The number of anilines is 1. The number of rotatable bonds is 6. The average molecular weight is 405 g/mol. The first-order chi connectivity index (χ1) is 13.3. The summed E-state index contributed by atoms with van der Waals surface area (Å²) < 4.78 is 28.1. The molecule has 0 amide bonds. The first kappa shape index (κ1) is 20.0. The van der Waals surface area contributed by atoms with Crippen LogP contribution in [0.3, 0.4) is 0 Å². The Morgan fingerprint density at radius 2 is 1.82 bits per heavy atom. The molecule has 0 radical (unpaired) electrons. The number of sulfonamides is 1. The molecule has 0 atom stereocenters. The molecule has 0 saturated carbocycles. The largest absolute Gasteiger partial charge is 0.348 e. The van der Waals surface area contributed by atoms with Crippen LogP contribution in [-0.4, -0.2) is 53.6 Å². The maximum absolute atomic E-state index is 12.6. The molecule has 2 heterocycles. The van der Waals surface area contributed by atoms with E-state index in [1.54, 1.807) is 13.1 Å². The van der Waals surface area contributed by atoms with Crippen LogP contribution in [-0.2, 0) is 23.5 Å². The van der Waals surface area contributed by atoms with E-state index in [1.807, 2.05) is 42.2 Å². The van der Waals surface area contributed by atoms with Crippen LogP contribution in [0.1, 0.15) is 18.2 Å². The van der Waals surface area contributed by atoms with E-state index in [2.05, 4.69) is 5.10 Å². The molecule has 0 unspecified atom stereocenters. The minimum absolute atomic E-state index is 0.00489. The normalized spacial score (nSPS) is 16.0.